The summed E-state index contributed by atoms with van der Waals surface area (Å²) in [6, 6.07) is 6.77. The van der Waals surface area contributed by atoms with Crippen LogP contribution in [-0.4, -0.2) is 50.2 Å². The molecule has 0 radical (unpaired) electrons. The van der Waals surface area contributed by atoms with Crippen LogP contribution in [0.25, 0.3) is 0 Å². The topological polar surface area (TPSA) is 93.9 Å². The van der Waals surface area contributed by atoms with Gasteiger partial charge in [-0.05, 0) is 25.0 Å². The first kappa shape index (κ1) is 16.9. The van der Waals surface area contributed by atoms with Gasteiger partial charge in [-0.2, -0.15) is 0 Å². The highest BCUT2D eigenvalue weighted by Crippen LogP contribution is 2.22. The first-order valence-corrected chi connectivity index (χ1v) is 7.66. The molecule has 1 aliphatic rings. The van der Waals surface area contributed by atoms with Crippen LogP contribution in [0, 0.1) is 5.92 Å². The maximum atomic E-state index is 12.0. The second-order valence-electron chi connectivity index (χ2n) is 5.56. The van der Waals surface area contributed by atoms with E-state index >= 15 is 0 Å². The van der Waals surface area contributed by atoms with Gasteiger partial charge >= 0.3 is 6.03 Å². The number of hydrogen-bond donors (Lipinski definition) is 2. The Morgan fingerprint density at radius 3 is 2.91 bits per heavy atom. The van der Waals surface area contributed by atoms with E-state index in [1.54, 1.807) is 12.0 Å². The molecular weight excluding hydrogens is 298 g/mol. The number of hydrogen-bond acceptors (Lipinski definition) is 4. The lowest BCUT2D eigenvalue weighted by molar-refractivity contribution is -0.132. The molecule has 0 saturated carbocycles. The van der Waals surface area contributed by atoms with Crippen molar-refractivity contribution in [2.75, 3.05) is 33.4 Å². The Morgan fingerprint density at radius 2 is 2.17 bits per heavy atom. The second kappa shape index (κ2) is 8.26. The van der Waals surface area contributed by atoms with Gasteiger partial charge in [0.2, 0.25) is 5.91 Å². The molecule has 0 spiro atoms. The summed E-state index contributed by atoms with van der Waals surface area (Å²) in [5.74, 6) is 1.66. The number of urea groups is 1. The molecule has 126 valence electrons. The fourth-order valence-electron chi connectivity index (χ4n) is 2.61. The molecule has 1 aliphatic heterocycles. The fourth-order valence-corrected chi connectivity index (χ4v) is 2.61. The van der Waals surface area contributed by atoms with Gasteiger partial charge in [0.25, 0.3) is 0 Å². The van der Waals surface area contributed by atoms with E-state index in [2.05, 4.69) is 5.32 Å². The van der Waals surface area contributed by atoms with Crippen LogP contribution in [0.1, 0.15) is 12.8 Å². The molecule has 0 aromatic heterocycles. The van der Waals surface area contributed by atoms with Crippen molar-refractivity contribution in [3.8, 4) is 11.5 Å². The van der Waals surface area contributed by atoms with Crippen molar-refractivity contribution >= 4 is 11.9 Å². The maximum Gasteiger partial charge on any atom is 0.312 e. The summed E-state index contributed by atoms with van der Waals surface area (Å²) < 4.78 is 11.0. The zero-order chi connectivity index (χ0) is 16.7. The van der Waals surface area contributed by atoms with Crippen molar-refractivity contribution in [2.45, 2.75) is 12.8 Å². The third-order valence-electron chi connectivity index (χ3n) is 3.81. The summed E-state index contributed by atoms with van der Waals surface area (Å²) in [7, 11) is 1.61. The van der Waals surface area contributed by atoms with Crippen LogP contribution in [0.4, 0.5) is 4.79 Å². The second-order valence-corrected chi connectivity index (χ2v) is 5.56. The normalized spacial score (nSPS) is 17.4. The number of rotatable bonds is 6. The smallest absolute Gasteiger partial charge is 0.312 e. The first-order chi connectivity index (χ1) is 11.1. The van der Waals surface area contributed by atoms with Crippen molar-refractivity contribution in [3.05, 3.63) is 24.3 Å². The number of nitrogens with one attached hydrogen (secondary N) is 1. The minimum absolute atomic E-state index is 0.0568. The number of amides is 3. The Kier molecular flexibility index (Phi) is 6.08. The number of nitrogens with zero attached hydrogens (tertiary/aromatic N) is 1. The lowest BCUT2D eigenvalue weighted by Gasteiger charge is -2.32. The van der Waals surface area contributed by atoms with Crippen LogP contribution < -0.4 is 20.5 Å². The summed E-state index contributed by atoms with van der Waals surface area (Å²) >= 11 is 0. The molecule has 0 unspecified atom stereocenters. The maximum absolute atomic E-state index is 12.0. The summed E-state index contributed by atoms with van der Waals surface area (Å²) in [5, 5.41) is 2.33. The van der Waals surface area contributed by atoms with Crippen molar-refractivity contribution in [1.82, 2.24) is 10.2 Å². The zero-order valence-electron chi connectivity index (χ0n) is 13.3. The SMILES string of the molecule is COc1cccc(OC[C@@H]2CCCN(C(=O)CNC(N)=O)C2)c1. The molecule has 1 aromatic rings. The molecule has 7 nitrogen and oxygen atoms in total. The Morgan fingerprint density at radius 1 is 1.39 bits per heavy atom. The van der Waals surface area contributed by atoms with E-state index in [9.17, 15) is 9.59 Å². The van der Waals surface area contributed by atoms with E-state index in [1.165, 1.54) is 0 Å². The van der Waals surface area contributed by atoms with Gasteiger partial charge in [0.1, 0.15) is 11.5 Å². The van der Waals surface area contributed by atoms with Crippen LogP contribution in [-0.2, 0) is 4.79 Å². The summed E-state index contributed by atoms with van der Waals surface area (Å²) in [6.45, 7) is 1.82. The molecular formula is C16H23N3O4. The van der Waals surface area contributed by atoms with Gasteiger partial charge in [-0.25, -0.2) is 4.79 Å². The standard InChI is InChI=1S/C16H23N3O4/c1-22-13-5-2-6-14(8-13)23-11-12-4-3-7-19(10-12)15(20)9-18-16(17)21/h2,5-6,8,12H,3-4,7,9-11H2,1H3,(H3,17,18,21)/t12-/m1/s1. The number of methoxy groups -OCH3 is 1. The summed E-state index contributed by atoms with van der Waals surface area (Å²) in [4.78, 5) is 24.4. The van der Waals surface area contributed by atoms with Crippen molar-refractivity contribution < 1.29 is 19.1 Å². The van der Waals surface area contributed by atoms with Gasteiger partial charge in [-0.1, -0.05) is 6.07 Å². The average molecular weight is 321 g/mol. The lowest BCUT2D eigenvalue weighted by Crippen LogP contribution is -2.46. The molecule has 3 N–H and O–H groups in total. The Bertz CT molecular complexity index is 550. The quantitative estimate of drug-likeness (QED) is 0.817. The third kappa shape index (κ3) is 5.36. The number of likely N-dealkylation sites (tertiary alicyclic amines) is 1. The van der Waals surface area contributed by atoms with E-state index < -0.39 is 6.03 Å². The van der Waals surface area contributed by atoms with Crippen LogP contribution in [0.5, 0.6) is 11.5 Å². The predicted molar refractivity (Wildman–Crippen MR) is 85.4 cm³/mol. The molecule has 1 saturated heterocycles. The van der Waals surface area contributed by atoms with Crippen LogP contribution >= 0.6 is 0 Å². The Balaban J connectivity index is 1.81. The van der Waals surface area contributed by atoms with Crippen LogP contribution in [0.2, 0.25) is 0 Å². The van der Waals surface area contributed by atoms with Gasteiger partial charge in [0, 0.05) is 25.1 Å². The van der Waals surface area contributed by atoms with E-state index in [4.69, 9.17) is 15.2 Å². The monoisotopic (exact) mass is 321 g/mol. The van der Waals surface area contributed by atoms with E-state index in [0.717, 1.165) is 24.3 Å². The number of piperidine rings is 1. The zero-order valence-corrected chi connectivity index (χ0v) is 13.3. The Hall–Kier alpha value is -2.44. The number of carbonyl (C=O) groups is 2. The van der Waals surface area contributed by atoms with E-state index in [0.29, 0.717) is 19.7 Å². The number of nitrogens with two attached hydrogens (primary N) is 1. The molecule has 23 heavy (non-hydrogen) atoms. The van der Waals surface area contributed by atoms with Gasteiger partial charge in [0.05, 0.1) is 20.3 Å². The molecule has 2 rings (SSSR count). The van der Waals surface area contributed by atoms with Crippen molar-refractivity contribution in [2.24, 2.45) is 11.7 Å². The van der Waals surface area contributed by atoms with Gasteiger partial charge < -0.3 is 25.4 Å². The molecule has 0 aliphatic carbocycles. The highest BCUT2D eigenvalue weighted by Gasteiger charge is 2.24. The highest BCUT2D eigenvalue weighted by atomic mass is 16.5. The highest BCUT2D eigenvalue weighted by molar-refractivity contribution is 5.83. The number of benzene rings is 1. The molecule has 1 heterocycles. The molecule has 0 bridgehead atoms. The number of ether oxygens (including phenoxy) is 2. The summed E-state index contributed by atoms with van der Waals surface area (Å²) in [5.41, 5.74) is 4.98. The Labute approximate surface area is 135 Å². The van der Waals surface area contributed by atoms with Gasteiger partial charge in [0.15, 0.2) is 0 Å². The molecule has 3 amide bonds. The molecule has 1 atom stereocenters. The molecule has 1 fully saturated rings. The van der Waals surface area contributed by atoms with Gasteiger partial charge in [-0.15, -0.1) is 0 Å². The lowest BCUT2D eigenvalue weighted by atomic mass is 9.99. The van der Waals surface area contributed by atoms with E-state index in [-0.39, 0.29) is 18.4 Å². The average Bonchev–Trinajstić information content (AvgIpc) is 2.58. The number of carbonyl (C=O) groups excluding carboxylic acids is 2. The number of primary amides is 1. The van der Waals surface area contributed by atoms with Crippen LogP contribution in [0.15, 0.2) is 24.3 Å². The van der Waals surface area contributed by atoms with Crippen molar-refractivity contribution in [3.63, 3.8) is 0 Å². The first-order valence-electron chi connectivity index (χ1n) is 7.66. The third-order valence-corrected chi connectivity index (χ3v) is 3.81. The predicted octanol–water partition coefficient (Wildman–Crippen LogP) is 0.981. The minimum atomic E-state index is -0.687. The fraction of sp³-hybridized carbons (Fsp3) is 0.500. The molecule has 1 aromatic carbocycles. The molecule has 7 heteroatoms. The summed E-state index contributed by atoms with van der Waals surface area (Å²) in [6.07, 6.45) is 1.94. The van der Waals surface area contributed by atoms with Crippen LogP contribution in [0.3, 0.4) is 0 Å². The largest absolute Gasteiger partial charge is 0.497 e. The van der Waals surface area contributed by atoms with Gasteiger partial charge in [-0.3, -0.25) is 4.79 Å². The van der Waals surface area contributed by atoms with E-state index in [1.807, 2.05) is 24.3 Å². The van der Waals surface area contributed by atoms with Crippen molar-refractivity contribution in [1.29, 1.82) is 0 Å². The minimum Gasteiger partial charge on any atom is -0.497 e.